The van der Waals surface area contributed by atoms with Gasteiger partial charge in [-0.2, -0.15) is 0 Å². The first kappa shape index (κ1) is 17.2. The number of hydrogen-bond acceptors (Lipinski definition) is 4. The molecule has 0 aliphatic rings. The third kappa shape index (κ3) is 3.70. The van der Waals surface area contributed by atoms with Gasteiger partial charge in [-0.15, -0.1) is 0 Å². The van der Waals surface area contributed by atoms with Crippen LogP contribution in [0.3, 0.4) is 0 Å². The zero-order valence-electron chi connectivity index (χ0n) is 13.8. The van der Waals surface area contributed by atoms with Gasteiger partial charge in [0.05, 0.1) is 16.5 Å². The maximum atomic E-state index is 12.8. The molecule has 0 atom stereocenters. The van der Waals surface area contributed by atoms with Crippen molar-refractivity contribution in [3.05, 3.63) is 106 Å². The fraction of sp³-hybridized carbons (Fsp3) is 0.0500. The van der Waals surface area contributed by atoms with E-state index in [0.29, 0.717) is 0 Å². The number of nitrogen functional groups attached to an aromatic ring is 1. The second kappa shape index (κ2) is 7.48. The Kier molecular flexibility index (Phi) is 4.94. The first-order chi connectivity index (χ1) is 12.6. The lowest BCUT2D eigenvalue weighted by Gasteiger charge is -2.20. The highest BCUT2D eigenvalue weighted by molar-refractivity contribution is 6.00. The molecule has 3 rings (SSSR count). The number of nitrogens with zero attached hydrogens (tertiary/aromatic N) is 1. The summed E-state index contributed by atoms with van der Waals surface area (Å²) in [6, 6.07) is 22.4. The van der Waals surface area contributed by atoms with Gasteiger partial charge in [-0.3, -0.25) is 14.9 Å². The Morgan fingerprint density at radius 1 is 0.923 bits per heavy atom. The van der Waals surface area contributed by atoms with Crippen LogP contribution in [-0.4, -0.2) is 10.8 Å². The van der Waals surface area contributed by atoms with E-state index in [1.165, 1.54) is 18.2 Å². The molecule has 0 heterocycles. The van der Waals surface area contributed by atoms with Gasteiger partial charge in [0.1, 0.15) is 0 Å². The van der Waals surface area contributed by atoms with Gasteiger partial charge in [0.25, 0.3) is 11.6 Å². The van der Waals surface area contributed by atoms with Crippen molar-refractivity contribution in [3.63, 3.8) is 0 Å². The third-order valence-electron chi connectivity index (χ3n) is 4.03. The zero-order valence-corrected chi connectivity index (χ0v) is 13.8. The molecule has 0 saturated heterocycles. The average Bonchev–Trinajstić information content (AvgIpc) is 2.67. The Morgan fingerprint density at radius 2 is 1.46 bits per heavy atom. The van der Waals surface area contributed by atoms with Gasteiger partial charge in [-0.25, -0.2) is 0 Å². The number of anilines is 1. The number of amides is 1. The van der Waals surface area contributed by atoms with E-state index in [9.17, 15) is 14.9 Å². The maximum Gasteiger partial charge on any atom is 0.270 e. The Balaban J connectivity index is 1.96. The number of nitrogens with two attached hydrogens (primary N) is 1. The minimum Gasteiger partial charge on any atom is -0.398 e. The molecule has 0 aliphatic heterocycles. The molecule has 6 nitrogen and oxygen atoms in total. The van der Waals surface area contributed by atoms with Crippen LogP contribution in [0.25, 0.3) is 0 Å². The molecule has 3 aromatic carbocycles. The minimum absolute atomic E-state index is 0.0797. The molecule has 3 N–H and O–H groups in total. The van der Waals surface area contributed by atoms with Crippen LogP contribution in [0.4, 0.5) is 11.4 Å². The second-order valence-electron chi connectivity index (χ2n) is 5.76. The van der Waals surface area contributed by atoms with Crippen LogP contribution in [0.5, 0.6) is 0 Å². The molecular weight excluding hydrogens is 330 g/mol. The lowest BCUT2D eigenvalue weighted by Crippen LogP contribution is -2.30. The molecule has 6 heteroatoms. The summed E-state index contributed by atoms with van der Waals surface area (Å²) in [4.78, 5) is 23.2. The van der Waals surface area contributed by atoms with E-state index in [1.807, 2.05) is 60.7 Å². The van der Waals surface area contributed by atoms with E-state index < -0.39 is 16.9 Å². The summed E-state index contributed by atoms with van der Waals surface area (Å²) >= 11 is 0. The molecule has 0 aliphatic carbocycles. The highest BCUT2D eigenvalue weighted by Gasteiger charge is 2.21. The van der Waals surface area contributed by atoms with Gasteiger partial charge in [0.15, 0.2) is 0 Å². The van der Waals surface area contributed by atoms with E-state index in [-0.39, 0.29) is 16.9 Å². The topological polar surface area (TPSA) is 98.3 Å². The highest BCUT2D eigenvalue weighted by Crippen LogP contribution is 2.24. The third-order valence-corrected chi connectivity index (χ3v) is 4.03. The zero-order chi connectivity index (χ0) is 18.5. The summed E-state index contributed by atoms with van der Waals surface area (Å²) in [6.07, 6.45) is 0. The fourth-order valence-electron chi connectivity index (χ4n) is 2.71. The number of non-ortho nitro benzene ring substituents is 1. The highest BCUT2D eigenvalue weighted by atomic mass is 16.6. The first-order valence-corrected chi connectivity index (χ1v) is 8.01. The van der Waals surface area contributed by atoms with Crippen LogP contribution in [-0.2, 0) is 0 Å². The molecule has 0 fully saturated rings. The van der Waals surface area contributed by atoms with E-state index in [1.54, 1.807) is 0 Å². The van der Waals surface area contributed by atoms with Gasteiger partial charge in [-0.05, 0) is 17.2 Å². The number of nitro groups is 1. The number of carbonyl (C=O) groups is 1. The Morgan fingerprint density at radius 3 is 1.96 bits per heavy atom. The molecule has 0 aromatic heterocycles. The minimum atomic E-state index is -0.553. The van der Waals surface area contributed by atoms with Crippen molar-refractivity contribution < 1.29 is 9.72 Å². The van der Waals surface area contributed by atoms with Crippen molar-refractivity contribution >= 4 is 17.3 Å². The predicted octanol–water partition coefficient (Wildman–Crippen LogP) is 3.70. The molecule has 26 heavy (non-hydrogen) atoms. The predicted molar refractivity (Wildman–Crippen MR) is 99.7 cm³/mol. The van der Waals surface area contributed by atoms with Gasteiger partial charge in [0.2, 0.25) is 0 Å². The van der Waals surface area contributed by atoms with Crippen molar-refractivity contribution in [1.82, 2.24) is 5.32 Å². The van der Waals surface area contributed by atoms with Crippen molar-refractivity contribution in [3.8, 4) is 0 Å². The summed E-state index contributed by atoms with van der Waals surface area (Å²) in [5, 5.41) is 13.9. The van der Waals surface area contributed by atoms with E-state index >= 15 is 0 Å². The van der Waals surface area contributed by atoms with Crippen molar-refractivity contribution in [2.24, 2.45) is 0 Å². The number of nitrogens with one attached hydrogen (secondary N) is 1. The Labute approximate surface area is 150 Å². The van der Waals surface area contributed by atoms with E-state index in [4.69, 9.17) is 5.73 Å². The SMILES string of the molecule is Nc1ccc([N+](=O)[O-])cc1C(=O)NC(c1ccccc1)c1ccccc1. The number of hydrogen-bond donors (Lipinski definition) is 2. The average molecular weight is 347 g/mol. The molecule has 130 valence electrons. The van der Waals surface area contributed by atoms with Gasteiger partial charge in [0, 0.05) is 17.8 Å². The maximum absolute atomic E-state index is 12.8. The van der Waals surface area contributed by atoms with Gasteiger partial charge in [-0.1, -0.05) is 60.7 Å². The smallest absolute Gasteiger partial charge is 0.270 e. The summed E-state index contributed by atoms with van der Waals surface area (Å²) in [5.41, 5.74) is 7.75. The number of benzene rings is 3. The van der Waals surface area contributed by atoms with Crippen molar-refractivity contribution in [1.29, 1.82) is 0 Å². The summed E-state index contributed by atoms with van der Waals surface area (Å²) in [7, 11) is 0. The van der Waals surface area contributed by atoms with Crippen LogP contribution in [0.2, 0.25) is 0 Å². The molecule has 0 radical (unpaired) electrons. The fourth-order valence-corrected chi connectivity index (χ4v) is 2.71. The summed E-state index contributed by atoms with van der Waals surface area (Å²) in [5.74, 6) is -0.469. The molecule has 3 aromatic rings. The lowest BCUT2D eigenvalue weighted by molar-refractivity contribution is -0.384. The molecular formula is C20H17N3O3. The molecule has 0 bridgehead atoms. The monoisotopic (exact) mass is 347 g/mol. The number of carbonyl (C=O) groups excluding carboxylic acids is 1. The molecule has 0 spiro atoms. The van der Waals surface area contributed by atoms with Gasteiger partial charge >= 0.3 is 0 Å². The van der Waals surface area contributed by atoms with Crippen LogP contribution in [0.15, 0.2) is 78.9 Å². The Hall–Kier alpha value is -3.67. The Bertz CT molecular complexity index is 888. The molecule has 0 saturated carbocycles. The lowest BCUT2D eigenvalue weighted by atomic mass is 9.98. The van der Waals surface area contributed by atoms with E-state index in [2.05, 4.69) is 5.32 Å². The second-order valence-corrected chi connectivity index (χ2v) is 5.76. The summed E-state index contributed by atoms with van der Waals surface area (Å²) in [6.45, 7) is 0. The molecule has 1 amide bonds. The normalized spacial score (nSPS) is 10.5. The quantitative estimate of drug-likeness (QED) is 0.418. The van der Waals surface area contributed by atoms with Crippen molar-refractivity contribution in [2.45, 2.75) is 6.04 Å². The van der Waals surface area contributed by atoms with E-state index in [0.717, 1.165) is 11.1 Å². The largest absolute Gasteiger partial charge is 0.398 e. The van der Waals surface area contributed by atoms with Gasteiger partial charge < -0.3 is 11.1 Å². The standard InChI is InChI=1S/C20H17N3O3/c21-18-12-11-16(23(25)26)13-17(18)20(24)22-19(14-7-3-1-4-8-14)15-9-5-2-6-10-15/h1-13,19H,21H2,(H,22,24). The van der Waals surface area contributed by atoms with Crippen LogP contribution < -0.4 is 11.1 Å². The number of rotatable bonds is 5. The van der Waals surface area contributed by atoms with Crippen molar-refractivity contribution in [2.75, 3.05) is 5.73 Å². The number of nitro benzene ring substituents is 1. The molecule has 0 unspecified atom stereocenters. The van der Waals surface area contributed by atoms with Crippen LogP contribution in [0, 0.1) is 10.1 Å². The van der Waals surface area contributed by atoms with Crippen LogP contribution in [0.1, 0.15) is 27.5 Å². The summed E-state index contributed by atoms with van der Waals surface area (Å²) < 4.78 is 0. The van der Waals surface area contributed by atoms with Crippen LogP contribution >= 0.6 is 0 Å². The first-order valence-electron chi connectivity index (χ1n) is 8.01.